The third-order valence-electron chi connectivity index (χ3n) is 5.07. The summed E-state index contributed by atoms with van der Waals surface area (Å²) in [7, 11) is 0. The molecule has 0 aliphatic carbocycles. The van der Waals surface area contributed by atoms with Crippen molar-refractivity contribution in [3.63, 3.8) is 0 Å². The summed E-state index contributed by atoms with van der Waals surface area (Å²) in [5.74, 6) is -0.117. The smallest absolute Gasteiger partial charge is 0.293 e. The summed E-state index contributed by atoms with van der Waals surface area (Å²) in [6, 6.07) is 16.3. The molecule has 8 nitrogen and oxygen atoms in total. The minimum Gasteiger partial charge on any atom is -0.492 e. The lowest BCUT2D eigenvalue weighted by Gasteiger charge is -2.13. The maximum absolute atomic E-state index is 13.1. The Morgan fingerprint density at radius 2 is 1.75 bits per heavy atom. The summed E-state index contributed by atoms with van der Waals surface area (Å²) in [6.07, 6.45) is 1.39. The second kappa shape index (κ2) is 11.2. The quantitative estimate of drug-likeness (QED) is 0.188. The predicted octanol–water partition coefficient (Wildman–Crippen LogP) is 6.08. The molecule has 1 aliphatic rings. The van der Waals surface area contributed by atoms with Crippen LogP contribution in [-0.2, 0) is 11.4 Å². The molecule has 3 aromatic carbocycles. The number of carbonyl (C=O) groups excluding carboxylic acids is 2. The van der Waals surface area contributed by atoms with Crippen LogP contribution in [0.4, 0.5) is 14.9 Å². The van der Waals surface area contributed by atoms with Crippen LogP contribution in [0.25, 0.3) is 6.08 Å². The van der Waals surface area contributed by atoms with Crippen molar-refractivity contribution in [3.05, 3.63) is 104 Å². The fourth-order valence-corrected chi connectivity index (χ4v) is 4.24. The Morgan fingerprint density at radius 3 is 2.44 bits per heavy atom. The van der Waals surface area contributed by atoms with Crippen molar-refractivity contribution in [2.24, 2.45) is 0 Å². The molecule has 0 atom stereocenters. The first-order valence-electron chi connectivity index (χ1n) is 10.6. The van der Waals surface area contributed by atoms with Gasteiger partial charge >= 0.3 is 0 Å². The number of thioether (sulfide) groups is 1. The van der Waals surface area contributed by atoms with Gasteiger partial charge in [0, 0.05) is 22.7 Å². The molecule has 1 heterocycles. The fourth-order valence-electron chi connectivity index (χ4n) is 3.25. The van der Waals surface area contributed by atoms with E-state index in [0.717, 1.165) is 16.7 Å². The van der Waals surface area contributed by atoms with Gasteiger partial charge in [-0.1, -0.05) is 23.7 Å². The van der Waals surface area contributed by atoms with Gasteiger partial charge in [0.05, 0.1) is 16.4 Å². The molecule has 4 rings (SSSR count). The number of benzene rings is 3. The molecule has 0 radical (unpaired) electrons. The Bertz CT molecular complexity index is 1330. The second-order valence-corrected chi connectivity index (χ2v) is 8.96. The molecule has 11 heteroatoms. The van der Waals surface area contributed by atoms with Gasteiger partial charge in [0.1, 0.15) is 30.5 Å². The lowest BCUT2D eigenvalue weighted by atomic mass is 10.1. The summed E-state index contributed by atoms with van der Waals surface area (Å²) in [6.45, 7) is 0.172. The molecule has 2 amide bonds. The zero-order valence-electron chi connectivity index (χ0n) is 18.6. The average molecular weight is 529 g/mol. The van der Waals surface area contributed by atoms with Crippen molar-refractivity contribution in [1.29, 1.82) is 0 Å². The van der Waals surface area contributed by atoms with Crippen molar-refractivity contribution in [1.82, 2.24) is 4.90 Å². The molecule has 36 heavy (non-hydrogen) atoms. The van der Waals surface area contributed by atoms with Crippen LogP contribution in [0.5, 0.6) is 11.5 Å². The van der Waals surface area contributed by atoms with Crippen molar-refractivity contribution >= 4 is 46.3 Å². The number of halogens is 2. The molecule has 1 aliphatic heterocycles. The number of ether oxygens (including phenoxy) is 2. The predicted molar refractivity (Wildman–Crippen MR) is 133 cm³/mol. The maximum Gasteiger partial charge on any atom is 0.293 e. The highest BCUT2D eigenvalue weighted by atomic mass is 35.5. The van der Waals surface area contributed by atoms with Crippen LogP contribution in [0.15, 0.2) is 71.6 Å². The molecule has 0 N–H and O–H groups in total. The minimum absolute atomic E-state index is 0.0213. The normalized spacial score (nSPS) is 14.4. The van der Waals surface area contributed by atoms with Crippen molar-refractivity contribution in [3.8, 4) is 11.5 Å². The average Bonchev–Trinajstić information content (AvgIpc) is 3.12. The third-order valence-corrected chi connectivity index (χ3v) is 6.23. The van der Waals surface area contributed by atoms with Crippen LogP contribution in [0.3, 0.4) is 0 Å². The molecule has 0 saturated carbocycles. The second-order valence-electron chi connectivity index (χ2n) is 7.53. The van der Waals surface area contributed by atoms with E-state index < -0.39 is 16.1 Å². The monoisotopic (exact) mass is 528 g/mol. The number of nitrogens with zero attached hydrogens (tertiary/aromatic N) is 2. The number of hydrogen-bond donors (Lipinski definition) is 0. The first-order valence-corrected chi connectivity index (χ1v) is 11.8. The van der Waals surface area contributed by atoms with Gasteiger partial charge in [0.2, 0.25) is 0 Å². The number of non-ortho nitro benzene ring substituents is 1. The van der Waals surface area contributed by atoms with Gasteiger partial charge in [0.25, 0.3) is 16.8 Å². The first-order chi connectivity index (χ1) is 17.3. The lowest BCUT2D eigenvalue weighted by Crippen LogP contribution is -2.32. The van der Waals surface area contributed by atoms with Crippen LogP contribution in [0, 0.1) is 15.9 Å². The van der Waals surface area contributed by atoms with E-state index in [1.807, 2.05) is 0 Å². The zero-order chi connectivity index (χ0) is 25.7. The molecule has 184 valence electrons. The number of hydrogen-bond acceptors (Lipinski definition) is 7. The van der Waals surface area contributed by atoms with Gasteiger partial charge in [-0.2, -0.15) is 0 Å². The largest absolute Gasteiger partial charge is 0.492 e. The first kappa shape index (κ1) is 25.2. The van der Waals surface area contributed by atoms with E-state index in [4.69, 9.17) is 21.1 Å². The summed E-state index contributed by atoms with van der Waals surface area (Å²) in [5, 5.41) is 11.4. The number of amides is 2. The molecule has 0 spiro atoms. The number of carbonyl (C=O) groups is 2. The zero-order valence-corrected chi connectivity index (χ0v) is 20.1. The topological polar surface area (TPSA) is 99.0 Å². The number of imide groups is 1. The molecular formula is C25H18ClFN2O6S. The molecule has 3 aromatic rings. The maximum atomic E-state index is 13.1. The SMILES string of the molecule is O=C1S/C(=C\c2cc([N+](=O)[O-])ccc2OCc2ccc(F)cc2)C(=O)N1CCOc1ccc(Cl)cc1. The molecule has 0 bridgehead atoms. The third kappa shape index (κ3) is 6.21. The summed E-state index contributed by atoms with van der Waals surface area (Å²) in [4.78, 5) is 37.2. The van der Waals surface area contributed by atoms with Crippen LogP contribution in [0.1, 0.15) is 11.1 Å². The Hall–Kier alpha value is -3.89. The van der Waals surface area contributed by atoms with Crippen LogP contribution < -0.4 is 9.47 Å². The Morgan fingerprint density at radius 1 is 1.03 bits per heavy atom. The molecular weight excluding hydrogens is 511 g/mol. The van der Waals surface area contributed by atoms with Gasteiger partial charge in [-0.05, 0) is 65.9 Å². The van der Waals surface area contributed by atoms with E-state index in [-0.39, 0.29) is 47.5 Å². The standard InChI is InChI=1S/C25H18ClFN2O6S/c26-18-3-8-21(9-4-18)34-12-11-28-24(30)23(36-25(28)31)14-17-13-20(29(32)33)7-10-22(17)35-15-16-1-5-19(27)6-2-16/h1-10,13-14H,11-12,15H2/b23-14-. The van der Waals surface area contributed by atoms with E-state index in [0.29, 0.717) is 16.3 Å². The Kier molecular flexibility index (Phi) is 7.87. The van der Waals surface area contributed by atoms with Gasteiger partial charge < -0.3 is 9.47 Å². The van der Waals surface area contributed by atoms with E-state index in [1.54, 1.807) is 36.4 Å². The summed E-state index contributed by atoms with van der Waals surface area (Å²) < 4.78 is 24.5. The van der Waals surface area contributed by atoms with E-state index >= 15 is 0 Å². The highest BCUT2D eigenvalue weighted by molar-refractivity contribution is 8.18. The Balaban J connectivity index is 1.49. The summed E-state index contributed by atoms with van der Waals surface area (Å²) in [5.41, 5.74) is 0.738. The van der Waals surface area contributed by atoms with Crippen LogP contribution in [-0.4, -0.2) is 34.1 Å². The van der Waals surface area contributed by atoms with Gasteiger partial charge in [-0.25, -0.2) is 4.39 Å². The molecule has 1 saturated heterocycles. The minimum atomic E-state index is -0.569. The van der Waals surface area contributed by atoms with Crippen molar-refractivity contribution < 1.29 is 28.4 Å². The van der Waals surface area contributed by atoms with E-state index in [9.17, 15) is 24.1 Å². The van der Waals surface area contributed by atoms with Gasteiger partial charge in [-0.3, -0.25) is 24.6 Å². The van der Waals surface area contributed by atoms with Gasteiger partial charge in [-0.15, -0.1) is 0 Å². The van der Waals surface area contributed by atoms with Crippen molar-refractivity contribution in [2.75, 3.05) is 13.2 Å². The molecule has 0 unspecified atom stereocenters. The highest BCUT2D eigenvalue weighted by Gasteiger charge is 2.35. The van der Waals surface area contributed by atoms with E-state index in [1.165, 1.54) is 36.4 Å². The van der Waals surface area contributed by atoms with Gasteiger partial charge in [0.15, 0.2) is 0 Å². The van der Waals surface area contributed by atoms with E-state index in [2.05, 4.69) is 0 Å². The molecule has 0 aromatic heterocycles. The number of nitro groups is 1. The van der Waals surface area contributed by atoms with Crippen molar-refractivity contribution in [2.45, 2.75) is 6.61 Å². The summed E-state index contributed by atoms with van der Waals surface area (Å²) >= 11 is 6.57. The fraction of sp³-hybridized carbons (Fsp3) is 0.120. The number of nitro benzene ring substituents is 1. The number of rotatable bonds is 9. The van der Waals surface area contributed by atoms with Crippen LogP contribution in [0.2, 0.25) is 5.02 Å². The van der Waals surface area contributed by atoms with Crippen LogP contribution >= 0.6 is 23.4 Å². The molecule has 1 fully saturated rings. The highest BCUT2D eigenvalue weighted by Crippen LogP contribution is 2.35. The Labute approximate surface area is 214 Å². The lowest BCUT2D eigenvalue weighted by molar-refractivity contribution is -0.384.